The Bertz CT molecular complexity index is 1040. The van der Waals surface area contributed by atoms with Gasteiger partial charge in [-0.05, 0) is 49.2 Å². The van der Waals surface area contributed by atoms with E-state index in [1.54, 1.807) is 23.5 Å². The first-order chi connectivity index (χ1) is 14.6. The minimum Gasteiger partial charge on any atom is -0.343 e. The molecular formula is C20H20F3N3O4S. The Morgan fingerprint density at radius 3 is 2.29 bits per heavy atom. The summed E-state index contributed by atoms with van der Waals surface area (Å²) in [5.41, 5.74) is 0.290. The first-order valence-corrected chi connectivity index (χ1v) is 10.8. The zero-order valence-corrected chi connectivity index (χ0v) is 17.0. The van der Waals surface area contributed by atoms with Gasteiger partial charge in [-0.15, -0.1) is 0 Å². The number of nitrogens with zero attached hydrogens (tertiary/aromatic N) is 1. The van der Waals surface area contributed by atoms with E-state index in [9.17, 15) is 31.2 Å². The van der Waals surface area contributed by atoms with Crippen LogP contribution in [0, 0.1) is 0 Å². The molecule has 0 aliphatic carbocycles. The number of benzene rings is 2. The highest BCUT2D eigenvalue weighted by Gasteiger charge is 2.39. The molecule has 3 rings (SSSR count). The highest BCUT2D eigenvalue weighted by molar-refractivity contribution is 7.89. The normalized spacial score (nSPS) is 17.3. The summed E-state index contributed by atoms with van der Waals surface area (Å²) in [6.45, 7) is -1.23. The summed E-state index contributed by atoms with van der Waals surface area (Å²) in [4.78, 5) is 24.6. The maximum atomic E-state index is 12.9. The van der Waals surface area contributed by atoms with E-state index in [0.29, 0.717) is 18.5 Å². The number of amides is 2. The van der Waals surface area contributed by atoms with E-state index in [0.717, 1.165) is 4.31 Å². The van der Waals surface area contributed by atoms with Crippen LogP contribution in [0.2, 0.25) is 0 Å². The van der Waals surface area contributed by atoms with Crippen molar-refractivity contribution in [2.24, 2.45) is 0 Å². The molecule has 2 amide bonds. The van der Waals surface area contributed by atoms with E-state index >= 15 is 0 Å². The highest BCUT2D eigenvalue weighted by atomic mass is 32.2. The second kappa shape index (κ2) is 9.06. The maximum Gasteiger partial charge on any atom is 0.405 e. The van der Waals surface area contributed by atoms with Crippen molar-refractivity contribution in [2.75, 3.05) is 18.4 Å². The van der Waals surface area contributed by atoms with E-state index in [1.807, 2.05) is 0 Å². The standard InChI is InChI=1S/C20H20F3N3O4S/c21-20(22,23)13-24-18(27)14-8-10-15(11-9-14)25-19(28)17-7-4-12-26(17)31(29,30)16-5-2-1-3-6-16/h1-3,5-6,8-11,17H,4,7,12-13H2,(H,24,27)(H,25,28). The predicted octanol–water partition coefficient (Wildman–Crippen LogP) is 2.77. The molecule has 1 aliphatic heterocycles. The number of carbonyl (C=O) groups is 2. The smallest absolute Gasteiger partial charge is 0.343 e. The molecule has 0 saturated carbocycles. The highest BCUT2D eigenvalue weighted by Crippen LogP contribution is 2.27. The van der Waals surface area contributed by atoms with Gasteiger partial charge in [0, 0.05) is 17.8 Å². The summed E-state index contributed by atoms with van der Waals surface area (Å²) < 4.78 is 63.5. The molecule has 1 unspecified atom stereocenters. The molecule has 31 heavy (non-hydrogen) atoms. The zero-order valence-electron chi connectivity index (χ0n) is 16.2. The third-order valence-corrected chi connectivity index (χ3v) is 6.64. The van der Waals surface area contributed by atoms with Crippen molar-refractivity contribution in [1.29, 1.82) is 0 Å². The van der Waals surface area contributed by atoms with Crippen molar-refractivity contribution in [3.63, 3.8) is 0 Å². The lowest BCUT2D eigenvalue weighted by Gasteiger charge is -2.23. The van der Waals surface area contributed by atoms with Crippen LogP contribution in [0.3, 0.4) is 0 Å². The van der Waals surface area contributed by atoms with Crippen molar-refractivity contribution in [2.45, 2.75) is 30.0 Å². The third kappa shape index (κ3) is 5.61. The molecule has 0 spiro atoms. The molecule has 0 radical (unpaired) electrons. The van der Waals surface area contributed by atoms with Gasteiger partial charge >= 0.3 is 6.18 Å². The summed E-state index contributed by atoms with van der Waals surface area (Å²) in [6.07, 6.45) is -3.63. The molecule has 2 N–H and O–H groups in total. The second-order valence-corrected chi connectivity index (χ2v) is 8.84. The number of sulfonamides is 1. The average molecular weight is 455 g/mol. The number of carbonyl (C=O) groups excluding carboxylic acids is 2. The molecule has 0 bridgehead atoms. The zero-order chi connectivity index (χ0) is 22.6. The van der Waals surface area contributed by atoms with Crippen LogP contribution in [0.5, 0.6) is 0 Å². The van der Waals surface area contributed by atoms with Crippen LogP contribution >= 0.6 is 0 Å². The molecule has 166 valence electrons. The number of rotatable bonds is 6. The number of nitrogens with one attached hydrogen (secondary N) is 2. The fraction of sp³-hybridized carbons (Fsp3) is 0.300. The Morgan fingerprint density at radius 2 is 1.68 bits per heavy atom. The summed E-state index contributed by atoms with van der Waals surface area (Å²) in [6, 6.07) is 12.2. The summed E-state index contributed by atoms with van der Waals surface area (Å²) in [5, 5.41) is 4.36. The molecule has 1 fully saturated rings. The number of hydrogen-bond donors (Lipinski definition) is 2. The Morgan fingerprint density at radius 1 is 1.03 bits per heavy atom. The molecule has 0 aromatic heterocycles. The lowest BCUT2D eigenvalue weighted by Crippen LogP contribution is -2.43. The summed E-state index contributed by atoms with van der Waals surface area (Å²) in [7, 11) is -3.83. The average Bonchev–Trinajstić information content (AvgIpc) is 3.24. The fourth-order valence-electron chi connectivity index (χ4n) is 3.23. The van der Waals surface area contributed by atoms with Crippen LogP contribution < -0.4 is 10.6 Å². The van der Waals surface area contributed by atoms with Crippen LogP contribution in [0.4, 0.5) is 18.9 Å². The van der Waals surface area contributed by atoms with Crippen molar-refractivity contribution < 1.29 is 31.2 Å². The van der Waals surface area contributed by atoms with E-state index in [1.165, 1.54) is 36.4 Å². The van der Waals surface area contributed by atoms with Gasteiger partial charge < -0.3 is 10.6 Å². The van der Waals surface area contributed by atoms with Crippen LogP contribution in [-0.2, 0) is 14.8 Å². The molecule has 1 saturated heterocycles. The molecule has 7 nitrogen and oxygen atoms in total. The van der Waals surface area contributed by atoms with Crippen LogP contribution in [0.25, 0.3) is 0 Å². The largest absolute Gasteiger partial charge is 0.405 e. The molecule has 2 aromatic rings. The van der Waals surface area contributed by atoms with E-state index in [2.05, 4.69) is 5.32 Å². The molecule has 1 aliphatic rings. The minimum absolute atomic E-state index is 0.00334. The van der Waals surface area contributed by atoms with Gasteiger partial charge in [0.1, 0.15) is 12.6 Å². The molecule has 11 heteroatoms. The Balaban J connectivity index is 1.66. The first-order valence-electron chi connectivity index (χ1n) is 9.41. The molecule has 1 heterocycles. The van der Waals surface area contributed by atoms with Gasteiger partial charge in [-0.2, -0.15) is 17.5 Å². The van der Waals surface area contributed by atoms with Crippen LogP contribution in [0.1, 0.15) is 23.2 Å². The van der Waals surface area contributed by atoms with Gasteiger partial charge in [-0.3, -0.25) is 9.59 Å². The van der Waals surface area contributed by atoms with Crippen molar-refractivity contribution in [1.82, 2.24) is 9.62 Å². The maximum absolute atomic E-state index is 12.9. The Kier molecular flexibility index (Phi) is 6.65. The molecular weight excluding hydrogens is 435 g/mol. The lowest BCUT2D eigenvalue weighted by atomic mass is 10.1. The number of hydrogen-bond acceptors (Lipinski definition) is 4. The first kappa shape index (κ1) is 22.8. The van der Waals surface area contributed by atoms with Gasteiger partial charge in [0.15, 0.2) is 0 Å². The van der Waals surface area contributed by atoms with Crippen LogP contribution in [0.15, 0.2) is 59.5 Å². The van der Waals surface area contributed by atoms with Gasteiger partial charge in [0.2, 0.25) is 15.9 Å². The van der Waals surface area contributed by atoms with Gasteiger partial charge in [0.05, 0.1) is 4.90 Å². The van der Waals surface area contributed by atoms with Gasteiger partial charge in [0.25, 0.3) is 5.91 Å². The van der Waals surface area contributed by atoms with Gasteiger partial charge in [-0.1, -0.05) is 18.2 Å². The second-order valence-electron chi connectivity index (χ2n) is 6.95. The Labute approximate surface area is 177 Å². The number of halogens is 3. The number of anilines is 1. The number of alkyl halides is 3. The topological polar surface area (TPSA) is 95.6 Å². The van der Waals surface area contributed by atoms with E-state index < -0.39 is 40.6 Å². The fourth-order valence-corrected chi connectivity index (χ4v) is 4.91. The molecule has 1 atom stereocenters. The van der Waals surface area contributed by atoms with Crippen molar-refractivity contribution in [3.8, 4) is 0 Å². The Hall–Kier alpha value is -2.92. The summed E-state index contributed by atoms with van der Waals surface area (Å²) in [5.74, 6) is -1.42. The van der Waals surface area contributed by atoms with Crippen molar-refractivity contribution in [3.05, 3.63) is 60.2 Å². The monoisotopic (exact) mass is 455 g/mol. The van der Waals surface area contributed by atoms with E-state index in [4.69, 9.17) is 0 Å². The molecule has 2 aromatic carbocycles. The quantitative estimate of drug-likeness (QED) is 0.700. The van der Waals surface area contributed by atoms with Gasteiger partial charge in [-0.25, -0.2) is 8.42 Å². The van der Waals surface area contributed by atoms with E-state index in [-0.39, 0.29) is 17.0 Å². The predicted molar refractivity (Wildman–Crippen MR) is 107 cm³/mol. The third-order valence-electron chi connectivity index (χ3n) is 4.72. The SMILES string of the molecule is O=C(NCC(F)(F)F)c1ccc(NC(=O)C2CCCN2S(=O)(=O)c2ccccc2)cc1. The lowest BCUT2D eigenvalue weighted by molar-refractivity contribution is -0.123. The van der Waals surface area contributed by atoms with Crippen LogP contribution in [-0.4, -0.2) is 49.8 Å². The summed E-state index contributed by atoms with van der Waals surface area (Å²) >= 11 is 0. The van der Waals surface area contributed by atoms with Crippen molar-refractivity contribution >= 4 is 27.5 Å². The minimum atomic E-state index is -4.52.